The third kappa shape index (κ3) is 7.80. The molecular weight excluding hydrogens is 148 g/mol. The van der Waals surface area contributed by atoms with Crippen LogP contribution >= 0.6 is 0 Å². The molecule has 0 saturated heterocycles. The predicted octanol–water partition coefficient (Wildman–Crippen LogP) is 3.28. The summed E-state index contributed by atoms with van der Waals surface area (Å²) in [6.07, 6.45) is 6.48. The first-order valence-corrected chi connectivity index (χ1v) is 4.83. The minimum atomic E-state index is -0.494. The topological polar surface area (TPSA) is 20.2 Å². The molecule has 0 aromatic rings. The van der Waals surface area contributed by atoms with Crippen LogP contribution < -0.4 is 0 Å². The Labute approximate surface area is 76.5 Å². The van der Waals surface area contributed by atoms with Crippen LogP contribution in [-0.4, -0.2) is 10.7 Å². The molecule has 1 nitrogen and oxygen atoms in total. The quantitative estimate of drug-likeness (QED) is 0.628. The Kier molecular flexibility index (Phi) is 5.23. The average molecular weight is 170 g/mol. The molecule has 0 aliphatic heterocycles. The molecule has 1 heteroatoms. The Morgan fingerprint density at radius 1 is 1.42 bits per heavy atom. The molecule has 0 fully saturated rings. The van der Waals surface area contributed by atoms with Crippen LogP contribution in [0.3, 0.4) is 0 Å². The molecule has 0 aromatic heterocycles. The maximum absolute atomic E-state index is 9.44. The van der Waals surface area contributed by atoms with E-state index in [9.17, 15) is 5.11 Å². The van der Waals surface area contributed by atoms with Crippen molar-refractivity contribution in [3.63, 3.8) is 0 Å². The second kappa shape index (κ2) is 5.36. The van der Waals surface area contributed by atoms with Gasteiger partial charge in [-0.3, -0.25) is 0 Å². The Morgan fingerprint density at radius 3 is 2.42 bits per heavy atom. The first-order valence-electron chi connectivity index (χ1n) is 4.83. The van der Waals surface area contributed by atoms with Crippen LogP contribution in [0.2, 0.25) is 0 Å². The highest BCUT2D eigenvalue weighted by molar-refractivity contribution is 4.97. The highest BCUT2D eigenvalue weighted by Gasteiger charge is 2.10. The lowest BCUT2D eigenvalue weighted by Crippen LogP contribution is -2.17. The monoisotopic (exact) mass is 170 g/mol. The maximum Gasteiger partial charge on any atom is 0.0591 e. The van der Waals surface area contributed by atoms with Crippen molar-refractivity contribution in [2.75, 3.05) is 0 Å². The van der Waals surface area contributed by atoms with E-state index in [1.54, 1.807) is 0 Å². The normalized spacial score (nSPS) is 13.6. The third-order valence-electron chi connectivity index (χ3n) is 1.91. The molecule has 0 aromatic carbocycles. The molecule has 0 rings (SSSR count). The molecular formula is C11H22O. The average Bonchev–Trinajstić information content (AvgIpc) is 1.84. The van der Waals surface area contributed by atoms with Crippen molar-refractivity contribution < 1.29 is 5.11 Å². The first kappa shape index (κ1) is 11.7. The minimum Gasteiger partial charge on any atom is -0.390 e. The standard InChI is InChI=1S/C11H22O/c1-5-7-10(2)8-6-9-11(3,4)12/h7,12H,5-6,8-9H2,1-4H3. The van der Waals surface area contributed by atoms with Gasteiger partial charge in [0, 0.05) is 0 Å². The van der Waals surface area contributed by atoms with Gasteiger partial charge >= 0.3 is 0 Å². The van der Waals surface area contributed by atoms with Gasteiger partial charge in [-0.05, 0) is 46.5 Å². The zero-order valence-electron chi connectivity index (χ0n) is 8.85. The van der Waals surface area contributed by atoms with Crippen LogP contribution in [0.5, 0.6) is 0 Å². The number of allylic oxidation sites excluding steroid dienone is 2. The van der Waals surface area contributed by atoms with E-state index in [0.29, 0.717) is 0 Å². The summed E-state index contributed by atoms with van der Waals surface area (Å²) in [5.41, 5.74) is 0.953. The first-order chi connectivity index (χ1) is 5.45. The summed E-state index contributed by atoms with van der Waals surface area (Å²) in [5.74, 6) is 0. The summed E-state index contributed by atoms with van der Waals surface area (Å²) in [6.45, 7) is 8.05. The molecule has 72 valence electrons. The molecule has 0 unspecified atom stereocenters. The lowest BCUT2D eigenvalue weighted by atomic mass is 9.99. The van der Waals surface area contributed by atoms with Gasteiger partial charge in [0.05, 0.1) is 5.60 Å². The molecule has 1 N–H and O–H groups in total. The van der Waals surface area contributed by atoms with Crippen LogP contribution in [0.15, 0.2) is 11.6 Å². The van der Waals surface area contributed by atoms with E-state index in [0.717, 1.165) is 25.7 Å². The number of hydrogen-bond acceptors (Lipinski definition) is 1. The number of aliphatic hydroxyl groups is 1. The largest absolute Gasteiger partial charge is 0.390 e. The highest BCUT2D eigenvalue weighted by Crippen LogP contribution is 2.15. The van der Waals surface area contributed by atoms with Gasteiger partial charge in [0.2, 0.25) is 0 Å². The summed E-state index contributed by atoms with van der Waals surface area (Å²) in [7, 11) is 0. The second-order valence-electron chi connectivity index (χ2n) is 4.12. The van der Waals surface area contributed by atoms with E-state index in [1.807, 2.05) is 13.8 Å². The smallest absolute Gasteiger partial charge is 0.0591 e. The van der Waals surface area contributed by atoms with Crippen molar-refractivity contribution in [1.29, 1.82) is 0 Å². The molecule has 12 heavy (non-hydrogen) atoms. The Hall–Kier alpha value is -0.300. The molecule has 0 radical (unpaired) electrons. The lowest BCUT2D eigenvalue weighted by Gasteiger charge is -2.16. The second-order valence-corrected chi connectivity index (χ2v) is 4.12. The van der Waals surface area contributed by atoms with E-state index < -0.39 is 5.60 Å². The highest BCUT2D eigenvalue weighted by atomic mass is 16.3. The van der Waals surface area contributed by atoms with Gasteiger partial charge in [0.15, 0.2) is 0 Å². The summed E-state index contributed by atoms with van der Waals surface area (Å²) >= 11 is 0. The van der Waals surface area contributed by atoms with E-state index in [1.165, 1.54) is 5.57 Å². The van der Waals surface area contributed by atoms with Gasteiger partial charge in [-0.25, -0.2) is 0 Å². The van der Waals surface area contributed by atoms with Crippen molar-refractivity contribution in [3.05, 3.63) is 11.6 Å². The minimum absolute atomic E-state index is 0.494. The zero-order chi connectivity index (χ0) is 9.61. The van der Waals surface area contributed by atoms with Gasteiger partial charge < -0.3 is 5.11 Å². The Morgan fingerprint density at radius 2 is 2.00 bits per heavy atom. The SMILES string of the molecule is CCC=C(C)CCCC(C)(C)O. The van der Waals surface area contributed by atoms with Crippen LogP contribution in [0.1, 0.15) is 53.4 Å². The number of rotatable bonds is 5. The van der Waals surface area contributed by atoms with Crippen molar-refractivity contribution in [2.24, 2.45) is 0 Å². The molecule has 0 spiro atoms. The molecule has 0 aliphatic rings. The van der Waals surface area contributed by atoms with Crippen molar-refractivity contribution in [2.45, 2.75) is 59.0 Å². The van der Waals surface area contributed by atoms with Gasteiger partial charge in [-0.2, -0.15) is 0 Å². The molecule has 0 bridgehead atoms. The molecule has 0 saturated carbocycles. The van der Waals surface area contributed by atoms with Gasteiger partial charge in [-0.15, -0.1) is 0 Å². The van der Waals surface area contributed by atoms with Gasteiger partial charge in [0.25, 0.3) is 0 Å². The van der Waals surface area contributed by atoms with Gasteiger partial charge in [-0.1, -0.05) is 18.6 Å². The molecule has 0 aliphatic carbocycles. The maximum atomic E-state index is 9.44. The third-order valence-corrected chi connectivity index (χ3v) is 1.91. The predicted molar refractivity (Wildman–Crippen MR) is 54.2 cm³/mol. The van der Waals surface area contributed by atoms with Crippen LogP contribution in [0, 0.1) is 0 Å². The molecule has 0 heterocycles. The Bertz CT molecular complexity index is 140. The van der Waals surface area contributed by atoms with E-state index in [-0.39, 0.29) is 0 Å². The van der Waals surface area contributed by atoms with E-state index >= 15 is 0 Å². The lowest BCUT2D eigenvalue weighted by molar-refractivity contribution is 0.0689. The Balaban J connectivity index is 3.50. The van der Waals surface area contributed by atoms with Crippen LogP contribution in [-0.2, 0) is 0 Å². The fourth-order valence-corrected chi connectivity index (χ4v) is 1.25. The van der Waals surface area contributed by atoms with Crippen molar-refractivity contribution in [1.82, 2.24) is 0 Å². The van der Waals surface area contributed by atoms with Crippen molar-refractivity contribution >= 4 is 0 Å². The summed E-state index contributed by atoms with van der Waals surface area (Å²) in [6, 6.07) is 0. The van der Waals surface area contributed by atoms with Gasteiger partial charge in [0.1, 0.15) is 0 Å². The fraction of sp³-hybridized carbons (Fsp3) is 0.818. The summed E-state index contributed by atoms with van der Waals surface area (Å²) in [4.78, 5) is 0. The van der Waals surface area contributed by atoms with E-state index in [4.69, 9.17) is 0 Å². The van der Waals surface area contributed by atoms with Crippen LogP contribution in [0.4, 0.5) is 0 Å². The molecule has 0 atom stereocenters. The zero-order valence-corrected chi connectivity index (χ0v) is 8.85. The molecule has 0 amide bonds. The van der Waals surface area contributed by atoms with E-state index in [2.05, 4.69) is 19.9 Å². The summed E-state index contributed by atoms with van der Waals surface area (Å²) in [5, 5.41) is 9.44. The van der Waals surface area contributed by atoms with Crippen molar-refractivity contribution in [3.8, 4) is 0 Å². The fourth-order valence-electron chi connectivity index (χ4n) is 1.25. The number of hydrogen-bond donors (Lipinski definition) is 1. The summed E-state index contributed by atoms with van der Waals surface area (Å²) < 4.78 is 0. The van der Waals surface area contributed by atoms with Crippen LogP contribution in [0.25, 0.3) is 0 Å².